The molecule has 6 nitrogen and oxygen atoms in total. The van der Waals surface area contributed by atoms with Crippen molar-refractivity contribution in [3.63, 3.8) is 0 Å². The molecule has 118 valence electrons. The molecule has 1 aliphatic heterocycles. The molecule has 2 aromatic rings. The number of nitrogens with zero attached hydrogens (tertiary/aromatic N) is 5. The van der Waals surface area contributed by atoms with Crippen molar-refractivity contribution in [2.24, 2.45) is 0 Å². The van der Waals surface area contributed by atoms with Gasteiger partial charge in [-0.2, -0.15) is 5.26 Å². The minimum Gasteiger partial charge on any atom is -0.481 e. The number of piperazine rings is 1. The van der Waals surface area contributed by atoms with Crippen LogP contribution in [-0.2, 0) is 6.54 Å². The Morgan fingerprint density at radius 2 is 2.00 bits per heavy atom. The van der Waals surface area contributed by atoms with E-state index in [0.29, 0.717) is 11.4 Å². The molecule has 1 saturated heterocycles. The quantitative estimate of drug-likeness (QED) is 0.856. The molecule has 3 heterocycles. The van der Waals surface area contributed by atoms with E-state index in [0.717, 1.165) is 38.5 Å². The van der Waals surface area contributed by atoms with Gasteiger partial charge < -0.3 is 9.64 Å². The summed E-state index contributed by atoms with van der Waals surface area (Å²) in [6, 6.07) is 9.84. The number of ether oxygens (including phenoxy) is 1. The third-order valence-corrected chi connectivity index (χ3v) is 3.99. The highest BCUT2D eigenvalue weighted by Gasteiger charge is 2.18. The normalized spacial score (nSPS) is 15.2. The van der Waals surface area contributed by atoms with Gasteiger partial charge >= 0.3 is 0 Å². The van der Waals surface area contributed by atoms with Crippen molar-refractivity contribution in [1.82, 2.24) is 14.9 Å². The highest BCUT2D eigenvalue weighted by molar-refractivity contribution is 5.42. The van der Waals surface area contributed by atoms with Gasteiger partial charge in [-0.1, -0.05) is 0 Å². The van der Waals surface area contributed by atoms with E-state index in [-0.39, 0.29) is 0 Å². The largest absolute Gasteiger partial charge is 0.481 e. The molecule has 0 spiro atoms. The zero-order chi connectivity index (χ0) is 16.1. The van der Waals surface area contributed by atoms with Crippen LogP contribution in [0.3, 0.4) is 0 Å². The summed E-state index contributed by atoms with van der Waals surface area (Å²) in [5.41, 5.74) is 1.81. The number of aromatic nitrogens is 2. The van der Waals surface area contributed by atoms with Crippen molar-refractivity contribution in [3.8, 4) is 11.9 Å². The Morgan fingerprint density at radius 3 is 2.65 bits per heavy atom. The monoisotopic (exact) mass is 309 g/mol. The lowest BCUT2D eigenvalue weighted by Gasteiger charge is -2.35. The summed E-state index contributed by atoms with van der Waals surface area (Å²) in [5, 5.41) is 8.83. The van der Waals surface area contributed by atoms with E-state index < -0.39 is 0 Å². The maximum Gasteiger partial charge on any atom is 0.213 e. The van der Waals surface area contributed by atoms with Crippen molar-refractivity contribution in [2.75, 3.05) is 38.2 Å². The van der Waals surface area contributed by atoms with Crippen LogP contribution in [0.2, 0.25) is 0 Å². The van der Waals surface area contributed by atoms with Crippen LogP contribution in [0, 0.1) is 11.3 Å². The molecule has 2 aromatic heterocycles. The summed E-state index contributed by atoms with van der Waals surface area (Å²) >= 11 is 0. The summed E-state index contributed by atoms with van der Waals surface area (Å²) in [5.74, 6) is 1.59. The molecule has 0 amide bonds. The lowest BCUT2D eigenvalue weighted by molar-refractivity contribution is 0.249. The molecule has 0 unspecified atom stereocenters. The zero-order valence-electron chi connectivity index (χ0n) is 13.1. The Balaban J connectivity index is 1.56. The highest BCUT2D eigenvalue weighted by Crippen LogP contribution is 2.16. The third-order valence-electron chi connectivity index (χ3n) is 3.99. The van der Waals surface area contributed by atoms with Gasteiger partial charge in [0.15, 0.2) is 0 Å². The van der Waals surface area contributed by atoms with Gasteiger partial charge in [-0.3, -0.25) is 4.90 Å². The summed E-state index contributed by atoms with van der Waals surface area (Å²) in [7, 11) is 1.63. The molecule has 0 atom stereocenters. The average molecular weight is 309 g/mol. The Morgan fingerprint density at radius 1 is 1.17 bits per heavy atom. The summed E-state index contributed by atoms with van der Waals surface area (Å²) in [4.78, 5) is 13.2. The predicted molar refractivity (Wildman–Crippen MR) is 87.2 cm³/mol. The topological polar surface area (TPSA) is 65.3 Å². The molecular formula is C17H19N5O. The van der Waals surface area contributed by atoms with Gasteiger partial charge in [-0.15, -0.1) is 0 Å². The van der Waals surface area contributed by atoms with E-state index in [2.05, 4.69) is 25.8 Å². The van der Waals surface area contributed by atoms with Gasteiger partial charge in [-0.25, -0.2) is 9.97 Å². The fraction of sp³-hybridized carbons (Fsp3) is 0.353. The second-order valence-electron chi connectivity index (χ2n) is 5.49. The minimum absolute atomic E-state index is 0.596. The third kappa shape index (κ3) is 3.76. The van der Waals surface area contributed by atoms with Crippen molar-refractivity contribution in [3.05, 3.63) is 47.8 Å². The molecule has 0 aromatic carbocycles. The van der Waals surface area contributed by atoms with Gasteiger partial charge in [0, 0.05) is 51.2 Å². The van der Waals surface area contributed by atoms with Gasteiger partial charge in [0.1, 0.15) is 11.9 Å². The van der Waals surface area contributed by atoms with Crippen LogP contribution in [0.5, 0.6) is 5.88 Å². The number of anilines is 1. The molecular weight excluding hydrogens is 290 g/mol. The Kier molecular flexibility index (Phi) is 4.69. The van der Waals surface area contributed by atoms with Gasteiger partial charge in [0.25, 0.3) is 0 Å². The average Bonchev–Trinajstić information content (AvgIpc) is 2.63. The second-order valence-corrected chi connectivity index (χ2v) is 5.49. The molecule has 0 saturated carbocycles. The van der Waals surface area contributed by atoms with E-state index in [1.807, 2.05) is 24.3 Å². The van der Waals surface area contributed by atoms with Crippen LogP contribution in [0.25, 0.3) is 0 Å². The number of methoxy groups -OCH3 is 1. The Bertz CT molecular complexity index is 687. The SMILES string of the molecule is COc1cc(CN2CCN(c3ccc(C#N)cn3)CC2)ccn1. The smallest absolute Gasteiger partial charge is 0.213 e. The standard InChI is InChI=1S/C17H19N5O/c1-23-17-10-14(4-5-19-17)13-21-6-8-22(9-7-21)16-3-2-15(11-18)12-20-16/h2-5,10,12H,6-9,13H2,1H3. The fourth-order valence-electron chi connectivity index (χ4n) is 2.69. The van der Waals surface area contributed by atoms with Crippen LogP contribution in [0.1, 0.15) is 11.1 Å². The molecule has 0 bridgehead atoms. The maximum absolute atomic E-state index is 8.83. The van der Waals surface area contributed by atoms with E-state index in [9.17, 15) is 0 Å². The summed E-state index contributed by atoms with van der Waals surface area (Å²) in [6.07, 6.45) is 3.41. The molecule has 23 heavy (non-hydrogen) atoms. The van der Waals surface area contributed by atoms with E-state index >= 15 is 0 Å². The lowest BCUT2D eigenvalue weighted by Crippen LogP contribution is -2.46. The van der Waals surface area contributed by atoms with Gasteiger partial charge in [0.2, 0.25) is 5.88 Å². The van der Waals surface area contributed by atoms with Gasteiger partial charge in [-0.05, 0) is 23.8 Å². The number of rotatable bonds is 4. The number of pyridine rings is 2. The molecule has 0 aliphatic carbocycles. The molecule has 3 rings (SSSR count). The minimum atomic E-state index is 0.596. The summed E-state index contributed by atoms with van der Waals surface area (Å²) in [6.45, 7) is 4.72. The predicted octanol–water partition coefficient (Wildman–Crippen LogP) is 1.68. The van der Waals surface area contributed by atoms with Crippen molar-refractivity contribution in [1.29, 1.82) is 5.26 Å². The fourth-order valence-corrected chi connectivity index (χ4v) is 2.69. The van der Waals surface area contributed by atoms with Crippen molar-refractivity contribution in [2.45, 2.75) is 6.54 Å². The van der Waals surface area contributed by atoms with Crippen LogP contribution >= 0.6 is 0 Å². The molecule has 0 radical (unpaired) electrons. The molecule has 0 N–H and O–H groups in total. The van der Waals surface area contributed by atoms with Gasteiger partial charge in [0.05, 0.1) is 12.7 Å². The van der Waals surface area contributed by atoms with Crippen molar-refractivity contribution >= 4 is 5.82 Å². The zero-order valence-corrected chi connectivity index (χ0v) is 13.1. The molecule has 6 heteroatoms. The van der Waals surface area contributed by atoms with Crippen LogP contribution in [0.4, 0.5) is 5.82 Å². The first-order valence-electron chi connectivity index (χ1n) is 7.61. The first kappa shape index (κ1) is 15.3. The molecule has 1 aliphatic rings. The van der Waals surface area contributed by atoms with Crippen LogP contribution < -0.4 is 9.64 Å². The molecule has 1 fully saturated rings. The first-order chi connectivity index (χ1) is 11.3. The Hall–Kier alpha value is -2.65. The number of nitriles is 1. The first-order valence-corrected chi connectivity index (χ1v) is 7.61. The second kappa shape index (κ2) is 7.07. The lowest BCUT2D eigenvalue weighted by atomic mass is 10.2. The van der Waals surface area contributed by atoms with Crippen LogP contribution in [0.15, 0.2) is 36.7 Å². The number of hydrogen-bond donors (Lipinski definition) is 0. The summed E-state index contributed by atoms with van der Waals surface area (Å²) < 4.78 is 5.17. The Labute approximate surface area is 136 Å². The van der Waals surface area contributed by atoms with E-state index in [1.54, 1.807) is 19.5 Å². The van der Waals surface area contributed by atoms with E-state index in [1.165, 1.54) is 5.56 Å². The maximum atomic E-state index is 8.83. The number of hydrogen-bond acceptors (Lipinski definition) is 6. The van der Waals surface area contributed by atoms with Crippen LogP contribution in [-0.4, -0.2) is 48.2 Å². The highest BCUT2D eigenvalue weighted by atomic mass is 16.5. The van der Waals surface area contributed by atoms with Crippen molar-refractivity contribution < 1.29 is 4.74 Å². The van der Waals surface area contributed by atoms with E-state index in [4.69, 9.17) is 10.00 Å².